The molecule has 0 heterocycles. The lowest BCUT2D eigenvalue weighted by atomic mass is 10.2. The number of hydrogen-bond donors (Lipinski definition) is 1. The molecule has 14 heavy (non-hydrogen) atoms. The van der Waals surface area contributed by atoms with Crippen LogP contribution in [0, 0.1) is 0 Å². The molecule has 0 aromatic carbocycles. The van der Waals surface area contributed by atoms with Crippen molar-refractivity contribution in [3.8, 4) is 0 Å². The fourth-order valence-corrected chi connectivity index (χ4v) is 1.31. The highest BCUT2D eigenvalue weighted by atomic mass is 16.5. The Hall–Kier alpha value is -0.610. The number of rotatable bonds is 8. The summed E-state index contributed by atoms with van der Waals surface area (Å²) in [7, 11) is 0. The minimum Gasteiger partial charge on any atom is -0.480 e. The van der Waals surface area contributed by atoms with Crippen molar-refractivity contribution in [3.05, 3.63) is 0 Å². The molecule has 1 atom stereocenters. The standard InChI is InChI=1S/C10H21NO3/c1-4-6-11(7-10(12)13)9(3)8-14-5-2/h9H,4-8H2,1-3H3,(H,12,13). The van der Waals surface area contributed by atoms with Crippen LogP contribution in [-0.2, 0) is 9.53 Å². The normalized spacial score (nSPS) is 13.1. The average Bonchev–Trinajstić information content (AvgIpc) is 2.13. The van der Waals surface area contributed by atoms with Crippen molar-refractivity contribution in [2.24, 2.45) is 0 Å². The van der Waals surface area contributed by atoms with Crippen molar-refractivity contribution < 1.29 is 14.6 Å². The van der Waals surface area contributed by atoms with Gasteiger partial charge in [0, 0.05) is 12.6 Å². The molecular formula is C10H21NO3. The summed E-state index contributed by atoms with van der Waals surface area (Å²) in [5.41, 5.74) is 0. The van der Waals surface area contributed by atoms with Crippen molar-refractivity contribution in [2.45, 2.75) is 33.2 Å². The fourth-order valence-electron chi connectivity index (χ4n) is 1.31. The van der Waals surface area contributed by atoms with Crippen molar-refractivity contribution >= 4 is 5.97 Å². The van der Waals surface area contributed by atoms with E-state index in [0.29, 0.717) is 13.2 Å². The Kier molecular flexibility index (Phi) is 7.42. The van der Waals surface area contributed by atoms with Gasteiger partial charge in [0.15, 0.2) is 0 Å². The molecule has 0 fully saturated rings. The first kappa shape index (κ1) is 13.4. The van der Waals surface area contributed by atoms with E-state index in [9.17, 15) is 4.79 Å². The van der Waals surface area contributed by atoms with Crippen LogP contribution in [0.3, 0.4) is 0 Å². The highest BCUT2D eigenvalue weighted by Crippen LogP contribution is 2.01. The van der Waals surface area contributed by atoms with Crippen molar-refractivity contribution in [1.29, 1.82) is 0 Å². The monoisotopic (exact) mass is 203 g/mol. The van der Waals surface area contributed by atoms with Gasteiger partial charge in [-0.15, -0.1) is 0 Å². The van der Waals surface area contributed by atoms with E-state index in [1.807, 2.05) is 25.7 Å². The summed E-state index contributed by atoms with van der Waals surface area (Å²) in [5, 5.41) is 8.70. The lowest BCUT2D eigenvalue weighted by molar-refractivity contribution is -0.139. The molecule has 0 aromatic heterocycles. The van der Waals surface area contributed by atoms with E-state index in [-0.39, 0.29) is 12.6 Å². The zero-order valence-electron chi connectivity index (χ0n) is 9.32. The first-order valence-corrected chi connectivity index (χ1v) is 5.15. The molecule has 0 radical (unpaired) electrons. The Morgan fingerprint density at radius 3 is 2.57 bits per heavy atom. The van der Waals surface area contributed by atoms with Crippen LogP contribution in [0.2, 0.25) is 0 Å². The van der Waals surface area contributed by atoms with Gasteiger partial charge in [-0.25, -0.2) is 0 Å². The molecule has 1 N–H and O–H groups in total. The summed E-state index contributed by atoms with van der Waals surface area (Å²) in [5.74, 6) is -0.776. The van der Waals surface area contributed by atoms with E-state index in [1.54, 1.807) is 0 Å². The summed E-state index contributed by atoms with van der Waals surface area (Å²) >= 11 is 0. The number of carboxylic acids is 1. The molecule has 84 valence electrons. The maximum Gasteiger partial charge on any atom is 0.317 e. The molecule has 0 amide bonds. The smallest absolute Gasteiger partial charge is 0.317 e. The van der Waals surface area contributed by atoms with Crippen LogP contribution in [0.1, 0.15) is 27.2 Å². The molecule has 4 nitrogen and oxygen atoms in total. The fraction of sp³-hybridized carbons (Fsp3) is 0.900. The van der Waals surface area contributed by atoms with E-state index in [0.717, 1.165) is 13.0 Å². The quantitative estimate of drug-likeness (QED) is 0.644. The molecule has 0 saturated carbocycles. The molecule has 0 aliphatic rings. The zero-order valence-corrected chi connectivity index (χ0v) is 9.32. The second-order valence-electron chi connectivity index (χ2n) is 3.37. The van der Waals surface area contributed by atoms with Gasteiger partial charge in [-0.1, -0.05) is 6.92 Å². The third-order valence-corrected chi connectivity index (χ3v) is 2.04. The van der Waals surface area contributed by atoms with Gasteiger partial charge in [-0.2, -0.15) is 0 Å². The largest absolute Gasteiger partial charge is 0.480 e. The molecule has 0 spiro atoms. The highest BCUT2D eigenvalue weighted by molar-refractivity contribution is 5.69. The van der Waals surface area contributed by atoms with Gasteiger partial charge < -0.3 is 9.84 Å². The van der Waals surface area contributed by atoms with Crippen LogP contribution in [0.5, 0.6) is 0 Å². The van der Waals surface area contributed by atoms with E-state index >= 15 is 0 Å². The maximum atomic E-state index is 10.6. The van der Waals surface area contributed by atoms with E-state index in [4.69, 9.17) is 9.84 Å². The molecule has 0 saturated heterocycles. The van der Waals surface area contributed by atoms with Crippen LogP contribution >= 0.6 is 0 Å². The van der Waals surface area contributed by atoms with E-state index in [1.165, 1.54) is 0 Å². The third-order valence-electron chi connectivity index (χ3n) is 2.04. The second-order valence-corrected chi connectivity index (χ2v) is 3.37. The first-order chi connectivity index (χ1) is 6.61. The Morgan fingerprint density at radius 2 is 2.14 bits per heavy atom. The topological polar surface area (TPSA) is 49.8 Å². The Morgan fingerprint density at radius 1 is 1.50 bits per heavy atom. The lowest BCUT2D eigenvalue weighted by Gasteiger charge is -2.26. The molecule has 0 bridgehead atoms. The van der Waals surface area contributed by atoms with Gasteiger partial charge in [0.05, 0.1) is 13.2 Å². The number of carbonyl (C=O) groups is 1. The van der Waals surface area contributed by atoms with Crippen LogP contribution in [0.25, 0.3) is 0 Å². The molecule has 0 rings (SSSR count). The summed E-state index contributed by atoms with van der Waals surface area (Å²) in [4.78, 5) is 12.5. The van der Waals surface area contributed by atoms with Gasteiger partial charge in [-0.3, -0.25) is 9.69 Å². The van der Waals surface area contributed by atoms with Crippen molar-refractivity contribution in [3.63, 3.8) is 0 Å². The summed E-state index contributed by atoms with van der Waals surface area (Å²) < 4.78 is 5.27. The van der Waals surface area contributed by atoms with Crippen molar-refractivity contribution in [2.75, 3.05) is 26.3 Å². The third kappa shape index (κ3) is 5.94. The molecule has 4 heteroatoms. The van der Waals surface area contributed by atoms with Crippen LogP contribution in [0.4, 0.5) is 0 Å². The average molecular weight is 203 g/mol. The predicted molar refractivity (Wildman–Crippen MR) is 55.5 cm³/mol. The van der Waals surface area contributed by atoms with Gasteiger partial charge in [0.25, 0.3) is 0 Å². The SMILES string of the molecule is CCCN(CC(=O)O)C(C)COCC. The number of aliphatic carboxylic acids is 1. The Balaban J connectivity index is 3.96. The van der Waals surface area contributed by atoms with Gasteiger partial charge in [-0.05, 0) is 26.8 Å². The van der Waals surface area contributed by atoms with E-state index in [2.05, 4.69) is 0 Å². The molecule has 0 aromatic rings. The lowest BCUT2D eigenvalue weighted by Crippen LogP contribution is -2.40. The van der Waals surface area contributed by atoms with Crippen LogP contribution in [0.15, 0.2) is 0 Å². The summed E-state index contributed by atoms with van der Waals surface area (Å²) in [6, 6.07) is 0.172. The second kappa shape index (κ2) is 7.76. The highest BCUT2D eigenvalue weighted by Gasteiger charge is 2.15. The van der Waals surface area contributed by atoms with Crippen LogP contribution in [-0.4, -0.2) is 48.3 Å². The summed E-state index contributed by atoms with van der Waals surface area (Å²) in [6.45, 7) is 8.16. The van der Waals surface area contributed by atoms with E-state index < -0.39 is 5.97 Å². The number of hydrogen-bond acceptors (Lipinski definition) is 3. The molecule has 1 unspecified atom stereocenters. The van der Waals surface area contributed by atoms with Gasteiger partial charge in [0.2, 0.25) is 0 Å². The van der Waals surface area contributed by atoms with Crippen molar-refractivity contribution in [1.82, 2.24) is 4.90 Å². The first-order valence-electron chi connectivity index (χ1n) is 5.15. The summed E-state index contributed by atoms with van der Waals surface area (Å²) in [6.07, 6.45) is 0.962. The number of carboxylic acid groups (broad SMARTS) is 1. The maximum absolute atomic E-state index is 10.6. The minimum atomic E-state index is -0.776. The molecule has 0 aliphatic carbocycles. The van der Waals surface area contributed by atoms with Gasteiger partial charge >= 0.3 is 5.97 Å². The predicted octanol–water partition coefficient (Wildman–Crippen LogP) is 1.21. The Labute approximate surface area is 85.9 Å². The number of ether oxygens (including phenoxy) is 1. The Bertz CT molecular complexity index is 161. The van der Waals surface area contributed by atoms with Crippen LogP contribution < -0.4 is 0 Å². The molecule has 0 aliphatic heterocycles. The minimum absolute atomic E-state index is 0.0993. The van der Waals surface area contributed by atoms with Gasteiger partial charge in [0.1, 0.15) is 0 Å². The number of nitrogens with zero attached hydrogens (tertiary/aromatic N) is 1. The molecular weight excluding hydrogens is 182 g/mol. The zero-order chi connectivity index (χ0) is 11.0.